The Morgan fingerprint density at radius 1 is 1.42 bits per heavy atom. The van der Waals surface area contributed by atoms with Gasteiger partial charge in [0.05, 0.1) is 0 Å². The highest BCUT2D eigenvalue weighted by Gasteiger charge is 2.01. The molecule has 1 heteroatoms. The van der Waals surface area contributed by atoms with Crippen LogP contribution in [0.3, 0.4) is 0 Å². The highest BCUT2D eigenvalue weighted by molar-refractivity contribution is 7.98. The standard InChI is InChI=1S/C11H15S/c1-8(2)10-5-6-11(12-4)9(3)7-10/h5-8H,1H2,2-4H3. The van der Waals surface area contributed by atoms with E-state index in [1.807, 2.05) is 0 Å². The highest BCUT2D eigenvalue weighted by Crippen LogP contribution is 2.23. The van der Waals surface area contributed by atoms with Crippen molar-refractivity contribution in [1.29, 1.82) is 0 Å². The number of hydrogen-bond donors (Lipinski definition) is 0. The topological polar surface area (TPSA) is 0 Å². The molecule has 1 rings (SSSR count). The van der Waals surface area contributed by atoms with Gasteiger partial charge in [-0.2, -0.15) is 0 Å². The molecule has 1 radical (unpaired) electrons. The third kappa shape index (κ3) is 2.04. The van der Waals surface area contributed by atoms with E-state index in [1.54, 1.807) is 11.8 Å². The first kappa shape index (κ1) is 9.66. The number of benzene rings is 1. The molecular weight excluding hydrogens is 164 g/mol. The van der Waals surface area contributed by atoms with Crippen LogP contribution >= 0.6 is 11.8 Å². The van der Waals surface area contributed by atoms with Crippen molar-refractivity contribution in [2.24, 2.45) is 0 Å². The van der Waals surface area contributed by atoms with Gasteiger partial charge in [0.25, 0.3) is 0 Å². The van der Waals surface area contributed by atoms with Crippen molar-refractivity contribution < 1.29 is 0 Å². The largest absolute Gasteiger partial charge is 0.129 e. The molecule has 0 aliphatic rings. The predicted octanol–water partition coefficient (Wildman–Crippen LogP) is 3.65. The average molecular weight is 179 g/mol. The van der Waals surface area contributed by atoms with Crippen LogP contribution in [0.1, 0.15) is 24.0 Å². The Balaban J connectivity index is 3.02. The molecule has 0 spiro atoms. The van der Waals surface area contributed by atoms with Crippen LogP contribution in [0.2, 0.25) is 0 Å². The highest BCUT2D eigenvalue weighted by atomic mass is 32.2. The zero-order chi connectivity index (χ0) is 9.14. The fraction of sp³-hybridized carbons (Fsp3) is 0.364. The average Bonchev–Trinajstić information content (AvgIpc) is 2.04. The lowest BCUT2D eigenvalue weighted by atomic mass is 10.0. The van der Waals surface area contributed by atoms with Gasteiger partial charge in [-0.1, -0.05) is 19.1 Å². The zero-order valence-electron chi connectivity index (χ0n) is 7.92. The summed E-state index contributed by atoms with van der Waals surface area (Å²) in [5, 5.41) is 0. The maximum absolute atomic E-state index is 4.00. The smallest absolute Gasteiger partial charge is 0.00985 e. The molecular formula is C11H15S. The van der Waals surface area contributed by atoms with Crippen LogP contribution in [0.15, 0.2) is 23.1 Å². The molecule has 0 aromatic heterocycles. The second kappa shape index (κ2) is 3.99. The van der Waals surface area contributed by atoms with Gasteiger partial charge in [-0.15, -0.1) is 11.8 Å². The molecule has 0 N–H and O–H groups in total. The quantitative estimate of drug-likeness (QED) is 0.624. The van der Waals surface area contributed by atoms with E-state index in [0.717, 1.165) is 0 Å². The first-order chi connectivity index (χ1) is 5.65. The van der Waals surface area contributed by atoms with Gasteiger partial charge in [0.2, 0.25) is 0 Å². The molecule has 0 aliphatic carbocycles. The van der Waals surface area contributed by atoms with Crippen molar-refractivity contribution >= 4 is 11.8 Å². The Kier molecular flexibility index (Phi) is 3.21. The Bertz CT molecular complexity index is 264. The number of aryl methyl sites for hydroxylation is 1. The van der Waals surface area contributed by atoms with E-state index in [-0.39, 0.29) is 0 Å². The van der Waals surface area contributed by atoms with Crippen LogP contribution in [-0.4, -0.2) is 6.26 Å². The second-order valence-electron chi connectivity index (χ2n) is 3.13. The van der Waals surface area contributed by atoms with Crippen LogP contribution < -0.4 is 0 Å². The molecule has 0 nitrogen and oxygen atoms in total. The number of thioether (sulfide) groups is 1. The summed E-state index contributed by atoms with van der Waals surface area (Å²) in [5.41, 5.74) is 2.68. The van der Waals surface area contributed by atoms with E-state index in [0.29, 0.717) is 5.92 Å². The van der Waals surface area contributed by atoms with E-state index in [2.05, 4.69) is 45.2 Å². The SMILES string of the molecule is [CH2]C(C)c1ccc(SC)c(C)c1. The monoisotopic (exact) mass is 179 g/mol. The molecule has 0 bridgehead atoms. The molecule has 1 aromatic carbocycles. The fourth-order valence-electron chi connectivity index (χ4n) is 1.21. The van der Waals surface area contributed by atoms with Crippen molar-refractivity contribution in [3.8, 4) is 0 Å². The summed E-state index contributed by atoms with van der Waals surface area (Å²) in [6.45, 7) is 8.27. The number of hydrogen-bond acceptors (Lipinski definition) is 1. The van der Waals surface area contributed by atoms with Crippen molar-refractivity contribution in [2.75, 3.05) is 6.26 Å². The molecule has 12 heavy (non-hydrogen) atoms. The molecule has 0 saturated carbocycles. The van der Waals surface area contributed by atoms with Gasteiger partial charge in [-0.05, 0) is 43.2 Å². The van der Waals surface area contributed by atoms with Gasteiger partial charge >= 0.3 is 0 Å². The Morgan fingerprint density at radius 2 is 2.08 bits per heavy atom. The summed E-state index contributed by atoms with van der Waals surface area (Å²) < 4.78 is 0. The molecule has 0 heterocycles. The minimum atomic E-state index is 0.389. The van der Waals surface area contributed by atoms with Crippen molar-refractivity contribution in [1.82, 2.24) is 0 Å². The van der Waals surface area contributed by atoms with Crippen molar-refractivity contribution in [2.45, 2.75) is 24.7 Å². The lowest BCUT2D eigenvalue weighted by molar-refractivity contribution is 0.956. The summed E-state index contributed by atoms with van der Waals surface area (Å²) in [4.78, 5) is 1.36. The van der Waals surface area contributed by atoms with Gasteiger partial charge in [-0.3, -0.25) is 0 Å². The van der Waals surface area contributed by atoms with Crippen LogP contribution in [-0.2, 0) is 0 Å². The van der Waals surface area contributed by atoms with E-state index in [4.69, 9.17) is 0 Å². The summed E-state index contributed by atoms with van der Waals surface area (Å²) in [7, 11) is 0. The molecule has 1 atom stereocenters. The van der Waals surface area contributed by atoms with Gasteiger partial charge in [0.1, 0.15) is 0 Å². The molecule has 0 fully saturated rings. The van der Waals surface area contributed by atoms with Crippen molar-refractivity contribution in [3.63, 3.8) is 0 Å². The molecule has 65 valence electrons. The van der Waals surface area contributed by atoms with E-state index >= 15 is 0 Å². The van der Waals surface area contributed by atoms with Gasteiger partial charge < -0.3 is 0 Å². The Labute approximate surface area is 79.4 Å². The van der Waals surface area contributed by atoms with Crippen molar-refractivity contribution in [3.05, 3.63) is 36.2 Å². The van der Waals surface area contributed by atoms with E-state index in [1.165, 1.54) is 16.0 Å². The Hall–Kier alpha value is -0.430. The minimum Gasteiger partial charge on any atom is -0.129 e. The summed E-state index contributed by atoms with van der Waals surface area (Å²) in [5.74, 6) is 0.389. The van der Waals surface area contributed by atoms with E-state index < -0.39 is 0 Å². The first-order valence-corrected chi connectivity index (χ1v) is 5.35. The lowest BCUT2D eigenvalue weighted by Gasteiger charge is -2.08. The Morgan fingerprint density at radius 3 is 2.50 bits per heavy atom. The van der Waals surface area contributed by atoms with Gasteiger partial charge in [0.15, 0.2) is 0 Å². The third-order valence-corrected chi connectivity index (χ3v) is 2.89. The van der Waals surface area contributed by atoms with Crippen LogP contribution in [0.5, 0.6) is 0 Å². The summed E-state index contributed by atoms with van der Waals surface area (Å²) >= 11 is 1.80. The minimum absolute atomic E-state index is 0.389. The predicted molar refractivity (Wildman–Crippen MR) is 56.7 cm³/mol. The number of rotatable bonds is 2. The van der Waals surface area contributed by atoms with Gasteiger partial charge in [0, 0.05) is 4.90 Å². The first-order valence-electron chi connectivity index (χ1n) is 4.12. The maximum Gasteiger partial charge on any atom is 0.00985 e. The molecule has 0 saturated heterocycles. The molecule has 1 unspecified atom stereocenters. The molecule has 0 amide bonds. The molecule has 0 aliphatic heterocycles. The summed E-state index contributed by atoms with van der Waals surface area (Å²) in [6.07, 6.45) is 2.11. The van der Waals surface area contributed by atoms with E-state index in [9.17, 15) is 0 Å². The van der Waals surface area contributed by atoms with Crippen LogP contribution in [0.4, 0.5) is 0 Å². The fourth-order valence-corrected chi connectivity index (χ4v) is 1.79. The zero-order valence-corrected chi connectivity index (χ0v) is 8.74. The second-order valence-corrected chi connectivity index (χ2v) is 3.98. The normalized spacial score (nSPS) is 10.8. The lowest BCUT2D eigenvalue weighted by Crippen LogP contribution is -1.89. The van der Waals surface area contributed by atoms with Crippen LogP contribution in [0.25, 0.3) is 0 Å². The third-order valence-electron chi connectivity index (χ3n) is 1.99. The molecule has 1 aromatic rings. The maximum atomic E-state index is 4.00. The summed E-state index contributed by atoms with van der Waals surface area (Å²) in [6, 6.07) is 6.57. The van der Waals surface area contributed by atoms with Gasteiger partial charge in [-0.25, -0.2) is 0 Å². The van der Waals surface area contributed by atoms with Crippen LogP contribution in [0, 0.1) is 13.8 Å².